The van der Waals surface area contributed by atoms with E-state index in [9.17, 15) is 4.79 Å². The molecule has 1 amide bonds. The monoisotopic (exact) mass is 191 g/mol. The molecule has 5 heteroatoms. The molecule has 0 aliphatic carbocycles. The lowest BCUT2D eigenvalue weighted by molar-refractivity contribution is 0.171. The van der Waals surface area contributed by atoms with Crippen molar-refractivity contribution >= 4 is 6.09 Å². The summed E-state index contributed by atoms with van der Waals surface area (Å²) in [5.41, 5.74) is 0.0997. The molecular weight excluding hydrogens is 182 g/mol. The third kappa shape index (κ3) is 2.20. The summed E-state index contributed by atoms with van der Waals surface area (Å²) in [6, 6.07) is 4.95. The zero-order valence-electron chi connectivity index (χ0n) is 7.89. The number of nitrogens with zero attached hydrogens (tertiary/aromatic N) is 3. The number of rotatable bonds is 1. The van der Waals surface area contributed by atoms with Crippen molar-refractivity contribution in [2.24, 2.45) is 0 Å². The number of hydrogen-bond acceptors (Lipinski definition) is 4. The number of nitriles is 1. The van der Waals surface area contributed by atoms with Crippen molar-refractivity contribution in [2.45, 2.75) is 0 Å². The second-order valence-corrected chi connectivity index (χ2v) is 2.72. The van der Waals surface area contributed by atoms with Crippen molar-refractivity contribution < 1.29 is 9.53 Å². The van der Waals surface area contributed by atoms with Gasteiger partial charge in [-0.25, -0.2) is 9.78 Å². The Kier molecular flexibility index (Phi) is 3.02. The Labute approximate surface area is 81.5 Å². The highest BCUT2D eigenvalue weighted by molar-refractivity contribution is 5.70. The first kappa shape index (κ1) is 9.99. The van der Waals surface area contributed by atoms with Gasteiger partial charge in [-0.2, -0.15) is 5.26 Å². The quantitative estimate of drug-likeness (QED) is 0.664. The lowest BCUT2D eigenvalue weighted by Gasteiger charge is -2.10. The molecule has 0 aliphatic heterocycles. The van der Waals surface area contributed by atoms with Gasteiger partial charge >= 0.3 is 6.09 Å². The van der Waals surface area contributed by atoms with Gasteiger partial charge in [-0.15, -0.1) is 0 Å². The van der Waals surface area contributed by atoms with Gasteiger partial charge in [0.05, 0.1) is 0 Å². The molecular formula is C9H9N3O2. The van der Waals surface area contributed by atoms with Gasteiger partial charge in [-0.1, -0.05) is 0 Å². The Balaban J connectivity index is 2.87. The largest absolute Gasteiger partial charge is 0.414 e. The summed E-state index contributed by atoms with van der Waals surface area (Å²) >= 11 is 0. The maximum Gasteiger partial charge on any atom is 0.414 e. The van der Waals surface area contributed by atoms with Crippen LogP contribution in [0.1, 0.15) is 5.69 Å². The maximum atomic E-state index is 11.1. The minimum absolute atomic E-state index is 0.0997. The van der Waals surface area contributed by atoms with Crippen LogP contribution in [0.2, 0.25) is 0 Å². The van der Waals surface area contributed by atoms with Crippen LogP contribution in [-0.2, 0) is 0 Å². The van der Waals surface area contributed by atoms with Gasteiger partial charge in [0.1, 0.15) is 6.07 Å². The van der Waals surface area contributed by atoms with E-state index in [-0.39, 0.29) is 11.4 Å². The molecule has 0 aliphatic rings. The molecule has 14 heavy (non-hydrogen) atoms. The van der Waals surface area contributed by atoms with E-state index in [0.717, 1.165) is 0 Å². The average Bonchev–Trinajstić information content (AvgIpc) is 2.18. The van der Waals surface area contributed by atoms with Gasteiger partial charge in [0, 0.05) is 20.3 Å². The zero-order chi connectivity index (χ0) is 10.6. The standard InChI is InChI=1S/C9H9N3O2/c1-12(2)9(13)14-8-4-3-5-11-7(8)6-10/h3-5H,1-2H3. The van der Waals surface area contributed by atoms with Gasteiger partial charge in [-0.05, 0) is 12.1 Å². The molecule has 72 valence electrons. The lowest BCUT2D eigenvalue weighted by Crippen LogP contribution is -2.25. The number of carbonyl (C=O) groups excluding carboxylic acids is 1. The van der Waals surface area contributed by atoms with E-state index in [4.69, 9.17) is 10.00 Å². The van der Waals surface area contributed by atoms with Crippen molar-refractivity contribution in [1.82, 2.24) is 9.88 Å². The van der Waals surface area contributed by atoms with E-state index >= 15 is 0 Å². The van der Waals surface area contributed by atoms with Crippen molar-refractivity contribution in [3.63, 3.8) is 0 Å². The van der Waals surface area contributed by atoms with Crippen molar-refractivity contribution in [3.8, 4) is 11.8 Å². The molecule has 5 nitrogen and oxygen atoms in total. The van der Waals surface area contributed by atoms with E-state index in [1.807, 2.05) is 6.07 Å². The van der Waals surface area contributed by atoms with E-state index in [0.29, 0.717) is 0 Å². The van der Waals surface area contributed by atoms with Gasteiger partial charge in [-0.3, -0.25) is 0 Å². The number of carbonyl (C=O) groups is 1. The summed E-state index contributed by atoms with van der Waals surface area (Å²) in [6.45, 7) is 0. The SMILES string of the molecule is CN(C)C(=O)Oc1cccnc1C#N. The van der Waals surface area contributed by atoms with Crippen LogP contribution >= 0.6 is 0 Å². The van der Waals surface area contributed by atoms with E-state index in [1.54, 1.807) is 20.2 Å². The summed E-state index contributed by atoms with van der Waals surface area (Å²) in [5, 5.41) is 8.65. The number of ether oxygens (including phenoxy) is 1. The number of pyridine rings is 1. The first-order valence-corrected chi connectivity index (χ1v) is 3.89. The molecule has 0 bridgehead atoms. The molecule has 1 heterocycles. The van der Waals surface area contributed by atoms with Gasteiger partial charge < -0.3 is 9.64 Å². The molecule has 0 unspecified atom stereocenters. The van der Waals surface area contributed by atoms with Crippen LogP contribution in [0.3, 0.4) is 0 Å². The van der Waals surface area contributed by atoms with Gasteiger partial charge in [0.15, 0.2) is 11.4 Å². The molecule has 0 radical (unpaired) electrons. The predicted molar refractivity (Wildman–Crippen MR) is 48.7 cm³/mol. The predicted octanol–water partition coefficient (Wildman–Crippen LogP) is 1.01. The van der Waals surface area contributed by atoms with Gasteiger partial charge in [0.2, 0.25) is 0 Å². The van der Waals surface area contributed by atoms with Crippen LogP contribution in [0.15, 0.2) is 18.3 Å². The fourth-order valence-electron chi connectivity index (χ4n) is 0.742. The minimum Gasteiger partial charge on any atom is -0.407 e. The maximum absolute atomic E-state index is 11.1. The Morgan fingerprint density at radius 2 is 2.36 bits per heavy atom. The van der Waals surface area contributed by atoms with Crippen LogP contribution in [0.25, 0.3) is 0 Å². The normalized spacial score (nSPS) is 8.93. The number of hydrogen-bond donors (Lipinski definition) is 0. The third-order valence-electron chi connectivity index (χ3n) is 1.44. The van der Waals surface area contributed by atoms with Crippen LogP contribution < -0.4 is 4.74 Å². The molecule has 0 saturated carbocycles. The summed E-state index contributed by atoms with van der Waals surface area (Å²) in [5.74, 6) is 0.175. The Bertz CT molecular complexity index is 382. The second kappa shape index (κ2) is 4.23. The van der Waals surface area contributed by atoms with Crippen molar-refractivity contribution in [3.05, 3.63) is 24.0 Å². The smallest absolute Gasteiger partial charge is 0.407 e. The zero-order valence-corrected chi connectivity index (χ0v) is 7.89. The van der Waals surface area contributed by atoms with E-state index < -0.39 is 6.09 Å². The average molecular weight is 191 g/mol. The molecule has 1 aromatic rings. The van der Waals surface area contributed by atoms with Crippen molar-refractivity contribution in [2.75, 3.05) is 14.1 Å². The van der Waals surface area contributed by atoms with Crippen LogP contribution in [0.5, 0.6) is 5.75 Å². The Morgan fingerprint density at radius 3 is 2.93 bits per heavy atom. The molecule has 0 saturated heterocycles. The summed E-state index contributed by atoms with van der Waals surface area (Å²) < 4.78 is 4.90. The molecule has 0 aromatic carbocycles. The summed E-state index contributed by atoms with van der Waals surface area (Å²) in [4.78, 5) is 16.2. The molecule has 0 fully saturated rings. The Morgan fingerprint density at radius 1 is 1.64 bits per heavy atom. The highest BCUT2D eigenvalue weighted by Gasteiger charge is 2.10. The molecule has 0 N–H and O–H groups in total. The van der Waals surface area contributed by atoms with Crippen LogP contribution in [-0.4, -0.2) is 30.1 Å². The minimum atomic E-state index is -0.533. The highest BCUT2D eigenvalue weighted by Crippen LogP contribution is 2.14. The van der Waals surface area contributed by atoms with E-state index in [2.05, 4.69) is 4.98 Å². The molecule has 0 atom stereocenters. The molecule has 0 spiro atoms. The van der Waals surface area contributed by atoms with Crippen LogP contribution in [0.4, 0.5) is 4.79 Å². The number of amides is 1. The first-order valence-electron chi connectivity index (χ1n) is 3.89. The number of aromatic nitrogens is 1. The highest BCUT2D eigenvalue weighted by atomic mass is 16.6. The fourth-order valence-corrected chi connectivity index (χ4v) is 0.742. The molecule has 1 rings (SSSR count). The summed E-state index contributed by atoms with van der Waals surface area (Å²) in [7, 11) is 3.12. The molecule has 1 aromatic heterocycles. The Hall–Kier alpha value is -2.09. The first-order chi connectivity index (χ1) is 6.65. The van der Waals surface area contributed by atoms with Gasteiger partial charge in [0.25, 0.3) is 0 Å². The lowest BCUT2D eigenvalue weighted by atomic mass is 10.3. The topological polar surface area (TPSA) is 66.2 Å². The van der Waals surface area contributed by atoms with Crippen molar-refractivity contribution in [1.29, 1.82) is 5.26 Å². The third-order valence-corrected chi connectivity index (χ3v) is 1.44. The second-order valence-electron chi connectivity index (χ2n) is 2.72. The fraction of sp³-hybridized carbons (Fsp3) is 0.222. The van der Waals surface area contributed by atoms with Crippen LogP contribution in [0, 0.1) is 11.3 Å². The summed E-state index contributed by atoms with van der Waals surface area (Å²) in [6.07, 6.45) is 0.931. The van der Waals surface area contributed by atoms with E-state index in [1.165, 1.54) is 17.2 Å².